The fourth-order valence-corrected chi connectivity index (χ4v) is 2.24. The van der Waals surface area contributed by atoms with Crippen molar-refractivity contribution in [3.63, 3.8) is 0 Å². The molecule has 0 aliphatic carbocycles. The first-order valence-electron chi connectivity index (χ1n) is 6.42. The molecule has 0 amide bonds. The molecule has 0 saturated heterocycles. The lowest BCUT2D eigenvalue weighted by atomic mass is 9.90. The van der Waals surface area contributed by atoms with Crippen LogP contribution in [0.4, 0.5) is 17.6 Å². The maximum atomic E-state index is 13.0. The lowest BCUT2D eigenvalue weighted by Gasteiger charge is -2.17. The highest BCUT2D eigenvalue weighted by molar-refractivity contribution is 5.76. The van der Waals surface area contributed by atoms with Crippen molar-refractivity contribution in [1.82, 2.24) is 0 Å². The smallest absolute Gasteiger partial charge is 0.416 e. The first-order valence-corrected chi connectivity index (χ1v) is 6.42. The molecule has 2 rings (SSSR count). The van der Waals surface area contributed by atoms with Gasteiger partial charge in [-0.2, -0.15) is 13.2 Å². The molecule has 22 heavy (non-hydrogen) atoms. The second kappa shape index (κ2) is 6.17. The fourth-order valence-electron chi connectivity index (χ4n) is 2.24. The van der Waals surface area contributed by atoms with Crippen LogP contribution in [0.2, 0.25) is 0 Å². The van der Waals surface area contributed by atoms with E-state index in [9.17, 15) is 27.5 Å². The maximum absolute atomic E-state index is 13.0. The van der Waals surface area contributed by atoms with Crippen molar-refractivity contribution in [1.29, 1.82) is 0 Å². The number of halogens is 4. The Labute approximate surface area is 124 Å². The van der Waals surface area contributed by atoms with Crippen molar-refractivity contribution < 1.29 is 27.5 Å². The summed E-state index contributed by atoms with van der Waals surface area (Å²) in [5, 5.41) is 9.28. The fraction of sp³-hybridized carbons (Fsp3) is 0.188. The van der Waals surface area contributed by atoms with E-state index in [1.807, 2.05) is 0 Å². The number of carboxylic acid groups (broad SMARTS) is 1. The van der Waals surface area contributed by atoms with E-state index >= 15 is 0 Å². The van der Waals surface area contributed by atoms with Crippen molar-refractivity contribution in [3.05, 3.63) is 71.0 Å². The Balaban J connectivity index is 2.38. The summed E-state index contributed by atoms with van der Waals surface area (Å²) in [6, 6.07) is 9.55. The molecule has 0 saturated carbocycles. The molecule has 1 unspecified atom stereocenters. The average molecular weight is 312 g/mol. The Morgan fingerprint density at radius 1 is 1.05 bits per heavy atom. The van der Waals surface area contributed by atoms with E-state index in [0.29, 0.717) is 0 Å². The number of hydrogen-bond acceptors (Lipinski definition) is 1. The molecule has 0 radical (unpaired) electrons. The third-order valence-corrected chi connectivity index (χ3v) is 3.32. The molecule has 0 aliphatic heterocycles. The zero-order valence-corrected chi connectivity index (χ0v) is 11.3. The summed E-state index contributed by atoms with van der Waals surface area (Å²) in [6.45, 7) is 0. The summed E-state index contributed by atoms with van der Waals surface area (Å²) in [7, 11) is 0. The first kappa shape index (κ1) is 16.0. The zero-order chi connectivity index (χ0) is 16.3. The Morgan fingerprint density at radius 2 is 1.64 bits per heavy atom. The second-order valence-electron chi connectivity index (χ2n) is 4.80. The summed E-state index contributed by atoms with van der Waals surface area (Å²) in [6.07, 6.45) is -4.88. The van der Waals surface area contributed by atoms with Gasteiger partial charge in [-0.25, -0.2) is 4.39 Å². The Hall–Kier alpha value is -2.37. The molecule has 2 aromatic carbocycles. The molecule has 0 fully saturated rings. The predicted molar refractivity (Wildman–Crippen MR) is 71.9 cm³/mol. The van der Waals surface area contributed by atoms with E-state index in [4.69, 9.17) is 0 Å². The standard InChI is InChI=1S/C16H12F4O2/c17-12-7-5-10(6-8-12)13(15(21)22)9-11-3-1-2-4-14(11)16(18,19)20/h1-8,13H,9H2,(H,21,22). The van der Waals surface area contributed by atoms with Crippen LogP contribution in [0.25, 0.3) is 0 Å². The highest BCUT2D eigenvalue weighted by Gasteiger charge is 2.34. The predicted octanol–water partition coefficient (Wildman–Crippen LogP) is 4.26. The molecule has 0 aromatic heterocycles. The SMILES string of the molecule is O=C(O)C(Cc1ccccc1C(F)(F)F)c1ccc(F)cc1. The second-order valence-corrected chi connectivity index (χ2v) is 4.80. The van der Waals surface area contributed by atoms with Crippen LogP contribution >= 0.6 is 0 Å². The summed E-state index contributed by atoms with van der Waals surface area (Å²) in [5.41, 5.74) is -0.707. The Bertz CT molecular complexity index is 663. The van der Waals surface area contributed by atoms with Crippen molar-refractivity contribution in [2.24, 2.45) is 0 Å². The molecule has 116 valence electrons. The van der Waals surface area contributed by atoms with E-state index in [-0.39, 0.29) is 17.5 Å². The topological polar surface area (TPSA) is 37.3 Å². The number of aliphatic carboxylic acids is 1. The van der Waals surface area contributed by atoms with Crippen LogP contribution in [0.3, 0.4) is 0 Å². The largest absolute Gasteiger partial charge is 0.481 e. The summed E-state index contributed by atoms with van der Waals surface area (Å²) in [5.74, 6) is -2.98. The van der Waals surface area contributed by atoms with Gasteiger partial charge in [-0.05, 0) is 35.7 Å². The van der Waals surface area contributed by atoms with Gasteiger partial charge in [0, 0.05) is 0 Å². The summed E-state index contributed by atoms with van der Waals surface area (Å²) in [4.78, 5) is 11.4. The number of benzene rings is 2. The van der Waals surface area contributed by atoms with Gasteiger partial charge in [-0.3, -0.25) is 4.79 Å². The van der Waals surface area contributed by atoms with Gasteiger partial charge in [-0.1, -0.05) is 30.3 Å². The minimum absolute atomic E-state index is 0.105. The summed E-state index contributed by atoms with van der Waals surface area (Å²) >= 11 is 0. The lowest BCUT2D eigenvalue weighted by Crippen LogP contribution is -2.17. The van der Waals surface area contributed by atoms with E-state index < -0.39 is 29.4 Å². The highest BCUT2D eigenvalue weighted by atomic mass is 19.4. The van der Waals surface area contributed by atoms with Gasteiger partial charge in [0.25, 0.3) is 0 Å². The van der Waals surface area contributed by atoms with Crippen LogP contribution < -0.4 is 0 Å². The number of rotatable bonds is 4. The average Bonchev–Trinajstić information content (AvgIpc) is 2.45. The minimum atomic E-state index is -4.55. The van der Waals surface area contributed by atoms with E-state index in [1.54, 1.807) is 0 Å². The highest BCUT2D eigenvalue weighted by Crippen LogP contribution is 2.34. The van der Waals surface area contributed by atoms with Gasteiger partial charge >= 0.3 is 12.1 Å². The van der Waals surface area contributed by atoms with Crippen molar-refractivity contribution in [3.8, 4) is 0 Å². The van der Waals surface area contributed by atoms with Crippen LogP contribution in [0.1, 0.15) is 22.6 Å². The molecule has 6 heteroatoms. The first-order chi connectivity index (χ1) is 10.3. The van der Waals surface area contributed by atoms with Gasteiger partial charge < -0.3 is 5.11 Å². The van der Waals surface area contributed by atoms with Gasteiger partial charge in [0.1, 0.15) is 5.82 Å². The molecular formula is C16H12F4O2. The van der Waals surface area contributed by atoms with Crippen LogP contribution in [0, 0.1) is 5.82 Å². The van der Waals surface area contributed by atoms with Crippen molar-refractivity contribution in [2.45, 2.75) is 18.5 Å². The normalized spacial score (nSPS) is 12.9. The molecule has 1 N–H and O–H groups in total. The molecule has 0 bridgehead atoms. The van der Waals surface area contributed by atoms with Crippen LogP contribution in [0.15, 0.2) is 48.5 Å². The number of carbonyl (C=O) groups is 1. The van der Waals surface area contributed by atoms with E-state index in [2.05, 4.69) is 0 Å². The Morgan fingerprint density at radius 3 is 2.18 bits per heavy atom. The van der Waals surface area contributed by atoms with E-state index in [1.165, 1.54) is 30.3 Å². The molecule has 0 heterocycles. The molecule has 2 aromatic rings. The summed E-state index contributed by atoms with van der Waals surface area (Å²) < 4.78 is 51.8. The van der Waals surface area contributed by atoms with E-state index in [0.717, 1.165) is 18.2 Å². The van der Waals surface area contributed by atoms with Gasteiger partial charge in [-0.15, -0.1) is 0 Å². The number of alkyl halides is 3. The molecule has 0 spiro atoms. The Kier molecular flexibility index (Phi) is 4.49. The monoisotopic (exact) mass is 312 g/mol. The van der Waals surface area contributed by atoms with Crippen LogP contribution in [-0.4, -0.2) is 11.1 Å². The number of hydrogen-bond donors (Lipinski definition) is 1. The third kappa shape index (κ3) is 3.63. The number of carboxylic acids is 1. The molecular weight excluding hydrogens is 300 g/mol. The van der Waals surface area contributed by atoms with Crippen molar-refractivity contribution >= 4 is 5.97 Å². The molecule has 2 nitrogen and oxygen atoms in total. The minimum Gasteiger partial charge on any atom is -0.481 e. The van der Waals surface area contributed by atoms with Gasteiger partial charge in [0.15, 0.2) is 0 Å². The van der Waals surface area contributed by atoms with Gasteiger partial charge in [0.2, 0.25) is 0 Å². The third-order valence-electron chi connectivity index (χ3n) is 3.32. The van der Waals surface area contributed by atoms with Gasteiger partial charge in [0.05, 0.1) is 11.5 Å². The van der Waals surface area contributed by atoms with Crippen LogP contribution in [-0.2, 0) is 17.4 Å². The molecule has 0 aliphatic rings. The van der Waals surface area contributed by atoms with Crippen molar-refractivity contribution in [2.75, 3.05) is 0 Å². The molecule has 1 atom stereocenters. The van der Waals surface area contributed by atoms with Crippen LogP contribution in [0.5, 0.6) is 0 Å². The quantitative estimate of drug-likeness (QED) is 0.857. The maximum Gasteiger partial charge on any atom is 0.416 e. The lowest BCUT2D eigenvalue weighted by molar-refractivity contribution is -0.141. The zero-order valence-electron chi connectivity index (χ0n) is 11.3.